The quantitative estimate of drug-likeness (QED) is 0.674. The van der Waals surface area contributed by atoms with Gasteiger partial charge in [-0.15, -0.1) is 11.3 Å². The van der Waals surface area contributed by atoms with Crippen molar-refractivity contribution in [2.24, 2.45) is 0 Å². The first-order valence-corrected chi connectivity index (χ1v) is 4.61. The predicted octanol–water partition coefficient (Wildman–Crippen LogP) is 2.92. The Hall–Kier alpha value is -0.0800. The van der Waals surface area contributed by atoms with Crippen LogP contribution in [0.25, 0.3) is 0 Å². The zero-order valence-corrected chi connectivity index (χ0v) is 7.72. The lowest BCUT2D eigenvalue weighted by atomic mass is 10.4. The lowest BCUT2D eigenvalue weighted by Gasteiger charge is -1.84. The fourth-order valence-electron chi connectivity index (χ4n) is 0.749. The summed E-state index contributed by atoms with van der Waals surface area (Å²) in [6, 6.07) is 0. The smallest absolute Gasteiger partial charge is 0.116 e. The van der Waals surface area contributed by atoms with Gasteiger partial charge in [0, 0.05) is 0 Å². The van der Waals surface area contributed by atoms with Gasteiger partial charge in [0.2, 0.25) is 0 Å². The highest BCUT2D eigenvalue weighted by atomic mass is 35.5. The highest BCUT2D eigenvalue weighted by molar-refractivity contribution is 7.16. The first-order chi connectivity index (χ1) is 4.77. The first-order valence-electron chi connectivity index (χ1n) is 3.42. The second-order valence-electron chi connectivity index (χ2n) is 2.04. The monoisotopic (exact) mass is 175 g/mol. The van der Waals surface area contributed by atoms with Crippen molar-refractivity contribution in [1.82, 2.24) is 4.98 Å². The highest BCUT2D eigenvalue weighted by Crippen LogP contribution is 2.24. The van der Waals surface area contributed by atoms with Crippen LogP contribution in [0.2, 0.25) is 4.34 Å². The van der Waals surface area contributed by atoms with Crippen LogP contribution in [0, 0.1) is 0 Å². The topological polar surface area (TPSA) is 12.9 Å². The molecule has 0 unspecified atom stereocenters. The second-order valence-corrected chi connectivity index (χ2v) is 3.72. The van der Waals surface area contributed by atoms with Crippen molar-refractivity contribution in [1.29, 1.82) is 0 Å². The van der Waals surface area contributed by atoms with Crippen molar-refractivity contribution in [3.63, 3.8) is 0 Å². The average molecular weight is 176 g/mol. The zero-order valence-electron chi connectivity index (χ0n) is 6.15. The lowest BCUT2D eigenvalue weighted by Crippen LogP contribution is -1.81. The number of rotatable bonds is 2. The van der Waals surface area contributed by atoms with Crippen LogP contribution in [0.5, 0.6) is 0 Å². The van der Waals surface area contributed by atoms with Crippen LogP contribution in [0.15, 0.2) is 0 Å². The van der Waals surface area contributed by atoms with E-state index in [1.807, 2.05) is 0 Å². The Balaban J connectivity index is 2.92. The molecule has 0 spiro atoms. The van der Waals surface area contributed by atoms with Gasteiger partial charge >= 0.3 is 0 Å². The molecule has 0 radical (unpaired) electrons. The van der Waals surface area contributed by atoms with E-state index >= 15 is 0 Å². The minimum absolute atomic E-state index is 0.861. The molecule has 0 saturated heterocycles. The number of aromatic nitrogens is 1. The molecule has 0 aliphatic carbocycles. The third-order valence-electron chi connectivity index (χ3n) is 1.33. The molecule has 56 valence electrons. The van der Waals surface area contributed by atoms with Crippen molar-refractivity contribution in [2.75, 3.05) is 0 Å². The standard InChI is InChI=1S/C7H10ClNS/c1-3-5-7(8)10-6(4-2)9-5/h3-4H2,1-2H3. The van der Waals surface area contributed by atoms with Crippen molar-refractivity contribution >= 4 is 22.9 Å². The van der Waals surface area contributed by atoms with Crippen molar-refractivity contribution in [3.05, 3.63) is 15.0 Å². The number of nitrogens with zero attached hydrogens (tertiary/aromatic N) is 1. The molecule has 1 aromatic heterocycles. The third kappa shape index (κ3) is 1.50. The minimum Gasteiger partial charge on any atom is -0.245 e. The Morgan fingerprint density at radius 3 is 2.40 bits per heavy atom. The fraction of sp³-hybridized carbons (Fsp3) is 0.571. The summed E-state index contributed by atoms with van der Waals surface area (Å²) in [4.78, 5) is 4.33. The molecule has 0 atom stereocenters. The molecular formula is C7H10ClNS. The molecule has 0 aromatic carbocycles. The van der Waals surface area contributed by atoms with Crippen LogP contribution in [0.3, 0.4) is 0 Å². The molecule has 0 aliphatic heterocycles. The first kappa shape index (κ1) is 8.02. The van der Waals surface area contributed by atoms with Crippen LogP contribution in [0.1, 0.15) is 24.5 Å². The average Bonchev–Trinajstić information content (AvgIpc) is 2.30. The predicted molar refractivity (Wildman–Crippen MR) is 45.9 cm³/mol. The maximum atomic E-state index is 5.88. The molecule has 0 amide bonds. The van der Waals surface area contributed by atoms with Gasteiger partial charge in [-0.3, -0.25) is 0 Å². The Morgan fingerprint density at radius 2 is 2.10 bits per heavy atom. The zero-order chi connectivity index (χ0) is 7.56. The molecule has 0 bridgehead atoms. The molecule has 0 saturated carbocycles. The van der Waals surface area contributed by atoms with E-state index < -0.39 is 0 Å². The summed E-state index contributed by atoms with van der Waals surface area (Å²) in [5.74, 6) is 0. The van der Waals surface area contributed by atoms with Crippen LogP contribution in [-0.2, 0) is 12.8 Å². The normalized spacial score (nSPS) is 10.3. The number of hydrogen-bond acceptors (Lipinski definition) is 2. The van der Waals surface area contributed by atoms with E-state index in [9.17, 15) is 0 Å². The van der Waals surface area contributed by atoms with Gasteiger partial charge in [0.25, 0.3) is 0 Å². The summed E-state index contributed by atoms with van der Waals surface area (Å²) in [7, 11) is 0. The fourth-order valence-corrected chi connectivity index (χ4v) is 2.01. The van der Waals surface area contributed by atoms with Crippen molar-refractivity contribution in [3.8, 4) is 0 Å². The molecule has 0 aliphatic rings. The van der Waals surface area contributed by atoms with E-state index in [2.05, 4.69) is 18.8 Å². The van der Waals surface area contributed by atoms with Crippen molar-refractivity contribution in [2.45, 2.75) is 26.7 Å². The SMILES string of the molecule is CCc1nc(CC)c(Cl)s1. The van der Waals surface area contributed by atoms with E-state index in [-0.39, 0.29) is 0 Å². The molecular weight excluding hydrogens is 166 g/mol. The van der Waals surface area contributed by atoms with Gasteiger partial charge < -0.3 is 0 Å². The molecule has 1 rings (SSSR count). The summed E-state index contributed by atoms with van der Waals surface area (Å²) in [6.07, 6.45) is 1.93. The van der Waals surface area contributed by atoms with Crippen LogP contribution < -0.4 is 0 Å². The van der Waals surface area contributed by atoms with E-state index in [0.29, 0.717) is 0 Å². The highest BCUT2D eigenvalue weighted by Gasteiger charge is 2.04. The van der Waals surface area contributed by atoms with Gasteiger partial charge in [-0.05, 0) is 12.8 Å². The molecule has 10 heavy (non-hydrogen) atoms. The van der Waals surface area contributed by atoms with Crippen molar-refractivity contribution < 1.29 is 0 Å². The molecule has 1 nitrogen and oxygen atoms in total. The van der Waals surface area contributed by atoms with E-state index in [0.717, 1.165) is 27.9 Å². The molecule has 0 N–H and O–H groups in total. The minimum atomic E-state index is 0.861. The maximum absolute atomic E-state index is 5.88. The van der Waals surface area contributed by atoms with Gasteiger partial charge in [-0.2, -0.15) is 0 Å². The van der Waals surface area contributed by atoms with E-state index in [1.165, 1.54) is 0 Å². The Labute approximate surface area is 70.1 Å². The molecule has 1 heterocycles. The van der Waals surface area contributed by atoms with Crippen LogP contribution in [-0.4, -0.2) is 4.98 Å². The van der Waals surface area contributed by atoms with Crippen LogP contribution in [0.4, 0.5) is 0 Å². The number of thiazole rings is 1. The van der Waals surface area contributed by atoms with E-state index in [4.69, 9.17) is 11.6 Å². The molecule has 0 fully saturated rings. The van der Waals surface area contributed by atoms with Gasteiger partial charge in [-0.1, -0.05) is 25.4 Å². The number of halogens is 1. The largest absolute Gasteiger partial charge is 0.245 e. The van der Waals surface area contributed by atoms with Crippen LogP contribution >= 0.6 is 22.9 Å². The second kappa shape index (κ2) is 3.35. The van der Waals surface area contributed by atoms with Gasteiger partial charge in [-0.25, -0.2) is 4.98 Å². The Kier molecular flexibility index (Phi) is 2.69. The van der Waals surface area contributed by atoms with E-state index in [1.54, 1.807) is 11.3 Å². The Morgan fingerprint density at radius 1 is 1.40 bits per heavy atom. The molecule has 3 heteroatoms. The maximum Gasteiger partial charge on any atom is 0.116 e. The summed E-state index contributed by atoms with van der Waals surface area (Å²) in [6.45, 7) is 4.16. The number of aryl methyl sites for hydroxylation is 2. The third-order valence-corrected chi connectivity index (χ3v) is 2.81. The molecule has 1 aromatic rings. The summed E-state index contributed by atoms with van der Waals surface area (Å²) in [5.41, 5.74) is 1.04. The summed E-state index contributed by atoms with van der Waals surface area (Å²) >= 11 is 7.47. The Bertz CT molecular complexity index is 219. The van der Waals surface area contributed by atoms with Gasteiger partial charge in [0.05, 0.1) is 10.7 Å². The van der Waals surface area contributed by atoms with Gasteiger partial charge in [0.1, 0.15) is 4.34 Å². The summed E-state index contributed by atoms with van der Waals surface area (Å²) < 4.78 is 0.861. The van der Waals surface area contributed by atoms with Gasteiger partial charge in [0.15, 0.2) is 0 Å². The lowest BCUT2D eigenvalue weighted by molar-refractivity contribution is 1.00. The number of hydrogen-bond donors (Lipinski definition) is 0. The summed E-state index contributed by atoms with van der Waals surface area (Å²) in [5, 5.41) is 1.14.